The van der Waals surface area contributed by atoms with Gasteiger partial charge in [0.25, 0.3) is 0 Å². The Hall–Kier alpha value is -1.89. The Kier molecular flexibility index (Phi) is 5.36. The van der Waals surface area contributed by atoms with Crippen molar-refractivity contribution in [3.05, 3.63) is 23.3 Å². The monoisotopic (exact) mass is 477 g/mol. The van der Waals surface area contributed by atoms with E-state index in [0.29, 0.717) is 11.5 Å². The molecular weight excluding hydrogens is 434 g/mol. The van der Waals surface area contributed by atoms with Gasteiger partial charge in [0.05, 0.1) is 18.1 Å². The summed E-state index contributed by atoms with van der Waals surface area (Å²) in [6, 6.07) is 2.23. The first-order chi connectivity index (χ1) is 16.3. The van der Waals surface area contributed by atoms with Crippen LogP contribution in [0.15, 0.2) is 23.3 Å². The first-order valence-electron chi connectivity index (χ1n) is 13.8. The molecule has 2 unspecified atom stereocenters. The molecule has 5 rings (SSSR count). The minimum atomic E-state index is -0.389. The van der Waals surface area contributed by atoms with E-state index in [1.165, 1.54) is 5.57 Å². The molecule has 4 nitrogen and oxygen atoms in total. The number of carbonyl (C=O) groups excluding carboxylic acids is 2. The van der Waals surface area contributed by atoms with Crippen LogP contribution in [0.3, 0.4) is 0 Å². The third-order valence-corrected chi connectivity index (χ3v) is 12.3. The number of fused-ring (bicyclic) bond motifs is 7. The largest absolute Gasteiger partial charge is 0.469 e. The summed E-state index contributed by atoms with van der Waals surface area (Å²) in [5, 5.41) is 9.77. The fourth-order valence-electron chi connectivity index (χ4n) is 10.0. The van der Waals surface area contributed by atoms with Crippen molar-refractivity contribution in [1.29, 1.82) is 5.26 Å². The van der Waals surface area contributed by atoms with Crippen molar-refractivity contribution in [2.75, 3.05) is 7.11 Å². The van der Waals surface area contributed by atoms with E-state index >= 15 is 0 Å². The Bertz CT molecular complexity index is 1080. The quantitative estimate of drug-likeness (QED) is 0.307. The van der Waals surface area contributed by atoms with Gasteiger partial charge in [0.2, 0.25) is 0 Å². The summed E-state index contributed by atoms with van der Waals surface area (Å²) >= 11 is 0. The second-order valence-electron chi connectivity index (χ2n) is 14.1. The number of esters is 1. The van der Waals surface area contributed by atoms with E-state index in [-0.39, 0.29) is 56.6 Å². The standard InChI is InChI=1S/C31H43NO3/c1-19-21-10-11-30(6)24(28(21,4)16-20(18-32)25(19)33)9-8-22-23-17-27(2,3)12-14-31(23,26(34)35-7)15-13-29(22,30)5/h8,16,19,21,23-24H,9-15,17H2,1-7H3/t19-,21-,23?,24?,28-,29+,30+,31-/m0/s1. The lowest BCUT2D eigenvalue weighted by atomic mass is 9.35. The second-order valence-corrected chi connectivity index (χ2v) is 14.1. The molecule has 0 aromatic rings. The van der Waals surface area contributed by atoms with Gasteiger partial charge in [0, 0.05) is 5.92 Å². The molecule has 3 fully saturated rings. The van der Waals surface area contributed by atoms with Crippen molar-refractivity contribution >= 4 is 11.8 Å². The Morgan fingerprint density at radius 1 is 1.09 bits per heavy atom. The Balaban J connectivity index is 1.64. The average molecular weight is 478 g/mol. The van der Waals surface area contributed by atoms with Crippen molar-refractivity contribution < 1.29 is 14.3 Å². The number of ether oxygens (including phenoxy) is 1. The number of hydrogen-bond acceptors (Lipinski definition) is 4. The molecule has 35 heavy (non-hydrogen) atoms. The van der Waals surface area contributed by atoms with Gasteiger partial charge in [-0.2, -0.15) is 5.26 Å². The first kappa shape index (κ1) is 24.8. The molecule has 0 aromatic heterocycles. The van der Waals surface area contributed by atoms with Crippen molar-refractivity contribution in [2.45, 2.75) is 92.9 Å². The molecule has 0 aliphatic heterocycles. The predicted molar refractivity (Wildman–Crippen MR) is 136 cm³/mol. The Morgan fingerprint density at radius 3 is 2.43 bits per heavy atom. The van der Waals surface area contributed by atoms with Gasteiger partial charge < -0.3 is 4.74 Å². The molecule has 3 saturated carbocycles. The molecule has 0 radical (unpaired) electrons. The summed E-state index contributed by atoms with van der Waals surface area (Å²) in [5.74, 6) is 0.823. The molecule has 8 atom stereocenters. The Morgan fingerprint density at radius 2 is 1.77 bits per heavy atom. The second kappa shape index (κ2) is 7.56. The van der Waals surface area contributed by atoms with Crippen LogP contribution in [0.2, 0.25) is 0 Å². The van der Waals surface area contributed by atoms with Gasteiger partial charge in [-0.15, -0.1) is 0 Å². The number of ketones is 1. The molecule has 0 heterocycles. The first-order valence-corrected chi connectivity index (χ1v) is 13.8. The highest BCUT2D eigenvalue weighted by molar-refractivity contribution is 6.01. The summed E-state index contributed by atoms with van der Waals surface area (Å²) in [4.78, 5) is 26.2. The lowest BCUT2D eigenvalue weighted by Crippen LogP contribution is -2.63. The lowest BCUT2D eigenvalue weighted by Gasteiger charge is -2.69. The van der Waals surface area contributed by atoms with Crippen molar-refractivity contribution in [3.8, 4) is 6.07 Å². The van der Waals surface area contributed by atoms with Crippen LogP contribution in [0.5, 0.6) is 0 Å². The lowest BCUT2D eigenvalue weighted by molar-refractivity contribution is -0.174. The molecule has 0 aromatic carbocycles. The van der Waals surface area contributed by atoms with E-state index in [1.54, 1.807) is 7.11 Å². The summed E-state index contributed by atoms with van der Waals surface area (Å²) in [6.07, 6.45) is 12.6. The smallest absolute Gasteiger partial charge is 0.312 e. The van der Waals surface area contributed by atoms with Gasteiger partial charge >= 0.3 is 5.97 Å². The third kappa shape index (κ3) is 3.02. The van der Waals surface area contributed by atoms with E-state index in [2.05, 4.69) is 52.8 Å². The van der Waals surface area contributed by atoms with E-state index < -0.39 is 0 Å². The van der Waals surface area contributed by atoms with Crippen molar-refractivity contribution in [2.24, 2.45) is 50.7 Å². The maximum Gasteiger partial charge on any atom is 0.312 e. The molecule has 0 amide bonds. The van der Waals surface area contributed by atoms with Gasteiger partial charge in [-0.05, 0) is 90.8 Å². The molecule has 0 saturated heterocycles. The van der Waals surface area contributed by atoms with Gasteiger partial charge in [-0.1, -0.05) is 59.3 Å². The Labute approximate surface area is 211 Å². The van der Waals surface area contributed by atoms with E-state index in [9.17, 15) is 14.9 Å². The number of methoxy groups -OCH3 is 1. The summed E-state index contributed by atoms with van der Waals surface area (Å²) < 4.78 is 5.46. The maximum atomic E-state index is 13.3. The van der Waals surface area contributed by atoms with Gasteiger partial charge in [0.15, 0.2) is 5.78 Å². The molecule has 190 valence electrons. The van der Waals surface area contributed by atoms with Gasteiger partial charge in [0.1, 0.15) is 6.07 Å². The van der Waals surface area contributed by atoms with Crippen LogP contribution in [-0.4, -0.2) is 18.9 Å². The zero-order chi connectivity index (χ0) is 25.6. The summed E-state index contributed by atoms with van der Waals surface area (Å²) in [7, 11) is 1.56. The third-order valence-electron chi connectivity index (χ3n) is 12.3. The molecule has 0 spiro atoms. The summed E-state index contributed by atoms with van der Waals surface area (Å²) in [5.41, 5.74) is 1.59. The highest BCUT2D eigenvalue weighted by atomic mass is 16.5. The molecule has 0 N–H and O–H groups in total. The van der Waals surface area contributed by atoms with Crippen LogP contribution in [0.25, 0.3) is 0 Å². The number of Topliss-reactive ketones (excluding diaryl/α,β-unsaturated/α-hetero) is 1. The van der Waals surface area contributed by atoms with Crippen molar-refractivity contribution in [3.63, 3.8) is 0 Å². The highest BCUT2D eigenvalue weighted by Gasteiger charge is 2.68. The van der Waals surface area contributed by atoms with E-state index in [4.69, 9.17) is 4.74 Å². The van der Waals surface area contributed by atoms with Crippen LogP contribution >= 0.6 is 0 Å². The van der Waals surface area contributed by atoms with Gasteiger partial charge in [-0.25, -0.2) is 0 Å². The molecule has 5 aliphatic rings. The maximum absolute atomic E-state index is 13.3. The SMILES string of the molecule is COC(=O)[C@]12CCC(C)(C)CC1C1=CCC3[C@@]4(C)C=C(C#N)C(=O)[C@@H](C)[C@@H]4CC[C@@]3(C)[C@]1(C)CC2. The molecule has 4 heteroatoms. The van der Waals surface area contributed by atoms with Crippen LogP contribution < -0.4 is 0 Å². The number of rotatable bonds is 1. The number of nitrogens with zero attached hydrogens (tertiary/aromatic N) is 1. The van der Waals surface area contributed by atoms with Crippen molar-refractivity contribution in [1.82, 2.24) is 0 Å². The number of allylic oxidation sites excluding steroid dienone is 4. The zero-order valence-electron chi connectivity index (χ0n) is 22.8. The highest BCUT2D eigenvalue weighted by Crippen LogP contribution is 2.74. The molecular formula is C31H43NO3. The summed E-state index contributed by atoms with van der Waals surface area (Å²) in [6.45, 7) is 14.0. The minimum Gasteiger partial charge on any atom is -0.469 e. The van der Waals surface area contributed by atoms with Crippen LogP contribution in [0.4, 0.5) is 0 Å². The molecule has 0 bridgehead atoms. The van der Waals surface area contributed by atoms with Crippen LogP contribution in [0.1, 0.15) is 92.9 Å². The van der Waals surface area contributed by atoms with Crippen LogP contribution in [0, 0.1) is 62.1 Å². The topological polar surface area (TPSA) is 67.2 Å². The van der Waals surface area contributed by atoms with Crippen LogP contribution in [-0.2, 0) is 14.3 Å². The fraction of sp³-hybridized carbons (Fsp3) is 0.774. The number of hydrogen-bond donors (Lipinski definition) is 0. The average Bonchev–Trinajstić information content (AvgIpc) is 2.81. The van der Waals surface area contributed by atoms with E-state index in [1.807, 2.05) is 6.92 Å². The normalized spacial score (nSPS) is 48.1. The predicted octanol–water partition coefficient (Wildman–Crippen LogP) is 6.81. The fourth-order valence-corrected chi connectivity index (χ4v) is 10.0. The molecule has 5 aliphatic carbocycles. The minimum absolute atomic E-state index is 0.00481. The zero-order valence-corrected chi connectivity index (χ0v) is 22.8. The van der Waals surface area contributed by atoms with Gasteiger partial charge in [-0.3, -0.25) is 9.59 Å². The number of nitriles is 1. The van der Waals surface area contributed by atoms with E-state index in [0.717, 1.165) is 51.4 Å². The number of carbonyl (C=O) groups is 2.